The van der Waals surface area contributed by atoms with Gasteiger partial charge in [-0.2, -0.15) is 13.2 Å². The topological polar surface area (TPSA) is 49.8 Å². The van der Waals surface area contributed by atoms with E-state index in [0.717, 1.165) is 17.7 Å². The Bertz CT molecular complexity index is 832. The molecule has 150 valence electrons. The van der Waals surface area contributed by atoms with E-state index in [-0.39, 0.29) is 0 Å². The summed E-state index contributed by atoms with van der Waals surface area (Å²) in [4.78, 5) is 4.57. The monoisotopic (exact) mass is 395 g/mol. The zero-order valence-electron chi connectivity index (χ0n) is 15.3. The van der Waals surface area contributed by atoms with Gasteiger partial charge in [-0.25, -0.2) is 4.98 Å². The number of alkyl halides is 3. The van der Waals surface area contributed by atoms with Gasteiger partial charge in [-0.05, 0) is 43.7 Å². The van der Waals surface area contributed by atoms with E-state index in [1.165, 1.54) is 12.1 Å². The van der Waals surface area contributed by atoms with Gasteiger partial charge in [0.05, 0.1) is 31.1 Å². The fourth-order valence-electron chi connectivity index (χ4n) is 3.60. The molecule has 1 fully saturated rings. The lowest BCUT2D eigenvalue weighted by atomic mass is 9.88. The van der Waals surface area contributed by atoms with Gasteiger partial charge in [-0.15, -0.1) is 0 Å². The molecule has 1 aliphatic heterocycles. The summed E-state index contributed by atoms with van der Waals surface area (Å²) in [5.74, 6) is -0.0401. The van der Waals surface area contributed by atoms with Gasteiger partial charge in [-0.3, -0.25) is 0 Å². The SMILES string of the molecule is CCOc1ccc2c(n1)C(Oc1ccc(C(F)(F)F)cc1)CCC21OCCO1. The second kappa shape index (κ2) is 7.25. The van der Waals surface area contributed by atoms with Crippen molar-refractivity contribution in [1.82, 2.24) is 4.98 Å². The van der Waals surface area contributed by atoms with Crippen LogP contribution in [0.1, 0.15) is 42.7 Å². The van der Waals surface area contributed by atoms with E-state index < -0.39 is 23.6 Å². The minimum atomic E-state index is -4.38. The smallest absolute Gasteiger partial charge is 0.416 e. The zero-order valence-corrected chi connectivity index (χ0v) is 15.3. The maximum absolute atomic E-state index is 12.8. The number of hydrogen-bond acceptors (Lipinski definition) is 5. The Hall–Kier alpha value is -2.32. The maximum atomic E-state index is 12.8. The standard InChI is InChI=1S/C20H20F3NO4/c1-2-25-17-8-7-15-18(24-17)16(9-10-19(15)26-11-12-27-19)28-14-5-3-13(4-6-14)20(21,22)23/h3-8,16H,2,9-12H2,1H3. The molecule has 0 radical (unpaired) electrons. The van der Waals surface area contributed by atoms with Gasteiger partial charge in [-0.1, -0.05) is 0 Å². The fraction of sp³-hybridized carbons (Fsp3) is 0.450. The first-order chi connectivity index (χ1) is 13.4. The fourth-order valence-corrected chi connectivity index (χ4v) is 3.60. The predicted molar refractivity (Wildman–Crippen MR) is 93.0 cm³/mol. The number of ether oxygens (including phenoxy) is 4. The highest BCUT2D eigenvalue weighted by molar-refractivity contribution is 5.36. The van der Waals surface area contributed by atoms with Gasteiger partial charge >= 0.3 is 6.18 Å². The van der Waals surface area contributed by atoms with Gasteiger partial charge in [0.2, 0.25) is 5.88 Å². The lowest BCUT2D eigenvalue weighted by Gasteiger charge is -2.36. The van der Waals surface area contributed by atoms with Gasteiger partial charge < -0.3 is 18.9 Å². The third-order valence-corrected chi connectivity index (χ3v) is 4.86. The average Bonchev–Trinajstić information content (AvgIpc) is 3.14. The Labute approximate surface area is 160 Å². The molecule has 28 heavy (non-hydrogen) atoms. The third-order valence-electron chi connectivity index (χ3n) is 4.86. The lowest BCUT2D eigenvalue weighted by molar-refractivity contribution is -0.182. The molecule has 0 amide bonds. The second-order valence-electron chi connectivity index (χ2n) is 6.63. The molecule has 1 aromatic heterocycles. The van der Waals surface area contributed by atoms with Crippen LogP contribution in [0.2, 0.25) is 0 Å². The second-order valence-corrected chi connectivity index (χ2v) is 6.63. The zero-order chi connectivity index (χ0) is 19.8. The van der Waals surface area contributed by atoms with Crippen molar-refractivity contribution in [2.75, 3.05) is 19.8 Å². The van der Waals surface area contributed by atoms with Crippen LogP contribution in [0.4, 0.5) is 13.2 Å². The van der Waals surface area contributed by atoms with Crippen molar-refractivity contribution in [2.24, 2.45) is 0 Å². The summed E-state index contributed by atoms with van der Waals surface area (Å²) in [6.07, 6.45) is -3.70. The van der Waals surface area contributed by atoms with Crippen LogP contribution < -0.4 is 9.47 Å². The number of benzene rings is 1. The van der Waals surface area contributed by atoms with Crippen LogP contribution in [0, 0.1) is 0 Å². The van der Waals surface area contributed by atoms with E-state index in [1.54, 1.807) is 6.07 Å². The molecular weight excluding hydrogens is 375 g/mol. The van der Waals surface area contributed by atoms with Crippen LogP contribution in [0.25, 0.3) is 0 Å². The minimum absolute atomic E-state index is 0.344. The number of hydrogen-bond donors (Lipinski definition) is 0. The summed E-state index contributed by atoms with van der Waals surface area (Å²) in [6.45, 7) is 3.32. The van der Waals surface area contributed by atoms with Gasteiger partial charge in [0.15, 0.2) is 5.79 Å². The number of nitrogens with zero attached hydrogens (tertiary/aromatic N) is 1. The summed E-state index contributed by atoms with van der Waals surface area (Å²) in [6, 6.07) is 8.28. The third kappa shape index (κ3) is 3.54. The molecule has 1 saturated heterocycles. The van der Waals surface area contributed by atoms with E-state index in [2.05, 4.69) is 4.98 Å². The number of halogens is 3. The van der Waals surface area contributed by atoms with Crippen LogP contribution in [-0.2, 0) is 21.4 Å². The van der Waals surface area contributed by atoms with Crippen LogP contribution in [0.5, 0.6) is 11.6 Å². The molecule has 1 atom stereocenters. The van der Waals surface area contributed by atoms with Gasteiger partial charge in [0.25, 0.3) is 0 Å². The highest BCUT2D eigenvalue weighted by Crippen LogP contribution is 2.47. The van der Waals surface area contributed by atoms with Gasteiger partial charge in [0, 0.05) is 18.1 Å². The highest BCUT2D eigenvalue weighted by atomic mass is 19.4. The number of rotatable bonds is 4. The first kappa shape index (κ1) is 19.0. The summed E-state index contributed by atoms with van der Waals surface area (Å²) in [5, 5.41) is 0. The minimum Gasteiger partial charge on any atom is -0.484 e. The van der Waals surface area contributed by atoms with Crippen molar-refractivity contribution in [3.63, 3.8) is 0 Å². The Morgan fingerprint density at radius 3 is 2.46 bits per heavy atom. The summed E-state index contributed by atoms with van der Waals surface area (Å²) < 4.78 is 61.5. The van der Waals surface area contributed by atoms with Crippen molar-refractivity contribution in [3.05, 3.63) is 53.2 Å². The molecule has 5 nitrogen and oxygen atoms in total. The average molecular weight is 395 g/mol. The molecule has 2 heterocycles. The van der Waals surface area contributed by atoms with Crippen molar-refractivity contribution in [2.45, 2.75) is 37.8 Å². The molecule has 2 aliphatic rings. The largest absolute Gasteiger partial charge is 0.484 e. The van der Waals surface area contributed by atoms with E-state index >= 15 is 0 Å². The molecule has 1 unspecified atom stereocenters. The van der Waals surface area contributed by atoms with E-state index in [1.807, 2.05) is 13.0 Å². The predicted octanol–water partition coefficient (Wildman–Crippen LogP) is 4.61. The molecule has 1 spiro atoms. The molecule has 1 aliphatic carbocycles. The maximum Gasteiger partial charge on any atom is 0.416 e. The Morgan fingerprint density at radius 2 is 1.82 bits per heavy atom. The molecule has 0 saturated carbocycles. The Kier molecular flexibility index (Phi) is 4.93. The highest BCUT2D eigenvalue weighted by Gasteiger charge is 2.46. The molecular formula is C20H20F3NO4. The van der Waals surface area contributed by atoms with E-state index in [4.69, 9.17) is 18.9 Å². The quantitative estimate of drug-likeness (QED) is 0.757. The summed E-state index contributed by atoms with van der Waals surface area (Å²) in [7, 11) is 0. The van der Waals surface area contributed by atoms with Crippen LogP contribution >= 0.6 is 0 Å². The van der Waals surface area contributed by atoms with Crippen LogP contribution in [0.3, 0.4) is 0 Å². The van der Waals surface area contributed by atoms with E-state index in [9.17, 15) is 13.2 Å². The lowest BCUT2D eigenvalue weighted by Crippen LogP contribution is -2.35. The molecule has 8 heteroatoms. The Balaban J connectivity index is 1.64. The molecule has 0 bridgehead atoms. The number of fused-ring (bicyclic) bond motifs is 2. The normalized spacial score (nSPS) is 20.8. The van der Waals surface area contributed by atoms with Crippen molar-refractivity contribution in [3.8, 4) is 11.6 Å². The van der Waals surface area contributed by atoms with Crippen molar-refractivity contribution >= 4 is 0 Å². The number of aromatic nitrogens is 1. The molecule has 4 rings (SSSR count). The first-order valence-corrected chi connectivity index (χ1v) is 9.17. The first-order valence-electron chi connectivity index (χ1n) is 9.17. The van der Waals surface area contributed by atoms with Crippen molar-refractivity contribution in [1.29, 1.82) is 0 Å². The molecule has 0 N–H and O–H groups in total. The van der Waals surface area contributed by atoms with Gasteiger partial charge in [0.1, 0.15) is 11.9 Å². The summed E-state index contributed by atoms with van der Waals surface area (Å²) in [5.41, 5.74) is 0.683. The summed E-state index contributed by atoms with van der Waals surface area (Å²) >= 11 is 0. The number of pyridine rings is 1. The van der Waals surface area contributed by atoms with Crippen LogP contribution in [-0.4, -0.2) is 24.8 Å². The molecule has 1 aromatic carbocycles. The van der Waals surface area contributed by atoms with Crippen molar-refractivity contribution < 1.29 is 32.1 Å². The van der Waals surface area contributed by atoms with E-state index in [0.29, 0.717) is 50.0 Å². The Morgan fingerprint density at radius 1 is 1.11 bits per heavy atom. The molecule has 2 aromatic rings. The van der Waals surface area contributed by atoms with Crippen LogP contribution in [0.15, 0.2) is 36.4 Å².